The van der Waals surface area contributed by atoms with Crippen molar-refractivity contribution < 1.29 is 4.52 Å². The minimum atomic E-state index is 0.506. The number of nitriles is 1. The number of nitrogens with two attached hydrogens (primary N) is 1. The molecule has 0 amide bonds. The van der Waals surface area contributed by atoms with Crippen molar-refractivity contribution in [1.29, 1.82) is 5.26 Å². The molecule has 88 valence electrons. The van der Waals surface area contributed by atoms with E-state index in [0.717, 1.165) is 11.3 Å². The summed E-state index contributed by atoms with van der Waals surface area (Å²) >= 11 is 0. The summed E-state index contributed by atoms with van der Waals surface area (Å²) in [6.07, 6.45) is 1.92. The van der Waals surface area contributed by atoms with E-state index in [1.807, 2.05) is 18.4 Å². The van der Waals surface area contributed by atoms with E-state index in [4.69, 9.17) is 11.0 Å². The van der Waals surface area contributed by atoms with E-state index in [0.29, 0.717) is 30.2 Å². The fraction of sp³-hybridized carbons (Fsp3) is 0.364. The molecule has 0 radical (unpaired) electrons. The topological polar surface area (TPSA) is 93.7 Å². The molecule has 0 aliphatic rings. The van der Waals surface area contributed by atoms with Crippen molar-refractivity contribution in [1.82, 2.24) is 14.7 Å². The van der Waals surface area contributed by atoms with Gasteiger partial charge in [-0.2, -0.15) is 10.2 Å². The van der Waals surface area contributed by atoms with Crippen LogP contribution in [0.4, 0.5) is 5.82 Å². The third-order valence-electron chi connectivity index (χ3n) is 2.95. The number of anilines is 1. The average molecular weight is 231 g/mol. The zero-order valence-corrected chi connectivity index (χ0v) is 9.77. The van der Waals surface area contributed by atoms with Crippen molar-refractivity contribution in [3.63, 3.8) is 0 Å². The molecule has 0 unspecified atom stereocenters. The molecule has 0 fully saturated rings. The van der Waals surface area contributed by atoms with Crippen LogP contribution >= 0.6 is 0 Å². The van der Waals surface area contributed by atoms with E-state index in [9.17, 15) is 0 Å². The number of nitrogen functional groups attached to an aromatic ring is 1. The fourth-order valence-corrected chi connectivity index (χ4v) is 1.83. The normalized spacial score (nSPS) is 10.4. The van der Waals surface area contributed by atoms with Crippen molar-refractivity contribution in [2.24, 2.45) is 0 Å². The van der Waals surface area contributed by atoms with Crippen LogP contribution < -0.4 is 5.73 Å². The Balaban J connectivity index is 2.25. The smallest absolute Gasteiger partial charge is 0.213 e. The van der Waals surface area contributed by atoms with E-state index in [2.05, 4.69) is 20.7 Å². The summed E-state index contributed by atoms with van der Waals surface area (Å²) in [5.74, 6) is 1.14. The Morgan fingerprint density at radius 2 is 2.29 bits per heavy atom. The highest BCUT2D eigenvalue weighted by Gasteiger charge is 2.15. The molecule has 6 heteroatoms. The lowest BCUT2D eigenvalue weighted by Crippen LogP contribution is -2.08. The predicted octanol–water partition coefficient (Wildman–Crippen LogP) is 1.18. The first kappa shape index (κ1) is 11.2. The number of aromatic nitrogens is 3. The molecule has 0 spiro atoms. The molecule has 0 saturated heterocycles. The van der Waals surface area contributed by atoms with Crippen molar-refractivity contribution in [2.45, 2.75) is 26.8 Å². The minimum Gasteiger partial charge on any atom is -0.384 e. The second kappa shape index (κ2) is 4.29. The summed E-state index contributed by atoms with van der Waals surface area (Å²) in [5, 5.41) is 12.7. The molecule has 0 saturated carbocycles. The Hall–Kier alpha value is -2.29. The molecule has 0 atom stereocenters. The van der Waals surface area contributed by atoms with Crippen molar-refractivity contribution in [2.75, 3.05) is 5.73 Å². The minimum absolute atomic E-state index is 0.506. The van der Waals surface area contributed by atoms with Crippen LogP contribution in [-0.4, -0.2) is 14.7 Å². The molecule has 2 heterocycles. The highest BCUT2D eigenvalue weighted by atomic mass is 16.5. The lowest BCUT2D eigenvalue weighted by molar-refractivity contribution is 0.408. The zero-order valence-electron chi connectivity index (χ0n) is 9.77. The summed E-state index contributed by atoms with van der Waals surface area (Å²) in [4.78, 5) is 3.94. The lowest BCUT2D eigenvalue weighted by atomic mass is 10.2. The summed E-state index contributed by atoms with van der Waals surface area (Å²) in [7, 11) is 0. The quantitative estimate of drug-likeness (QED) is 0.856. The number of nitrogens with zero attached hydrogens (tertiary/aromatic N) is 4. The third-order valence-corrected chi connectivity index (χ3v) is 2.95. The first-order valence-corrected chi connectivity index (χ1v) is 5.25. The first-order chi connectivity index (χ1) is 8.15. The van der Waals surface area contributed by atoms with Crippen molar-refractivity contribution in [3.8, 4) is 6.07 Å². The highest BCUT2D eigenvalue weighted by Crippen LogP contribution is 2.23. The Kier molecular flexibility index (Phi) is 2.83. The largest absolute Gasteiger partial charge is 0.384 e. The van der Waals surface area contributed by atoms with Gasteiger partial charge in [-0.15, -0.1) is 0 Å². The number of aryl methyl sites for hydroxylation is 1. The van der Waals surface area contributed by atoms with E-state index < -0.39 is 0 Å². The molecule has 0 aromatic carbocycles. The Morgan fingerprint density at radius 3 is 2.82 bits per heavy atom. The van der Waals surface area contributed by atoms with Crippen LogP contribution in [0.15, 0.2) is 10.9 Å². The SMILES string of the molecule is Cc1c(C#N)c(N)n(CCc2ncon2)c1C. The summed E-state index contributed by atoms with van der Waals surface area (Å²) in [6, 6.07) is 2.12. The summed E-state index contributed by atoms with van der Waals surface area (Å²) in [6.45, 7) is 4.48. The number of hydrogen-bond donors (Lipinski definition) is 1. The van der Waals surface area contributed by atoms with Gasteiger partial charge in [0.15, 0.2) is 5.82 Å². The molecule has 0 aliphatic heterocycles. The Morgan fingerprint density at radius 1 is 1.53 bits per heavy atom. The first-order valence-electron chi connectivity index (χ1n) is 5.25. The second-order valence-electron chi connectivity index (χ2n) is 3.83. The van der Waals surface area contributed by atoms with Gasteiger partial charge in [0.2, 0.25) is 6.39 Å². The summed E-state index contributed by atoms with van der Waals surface area (Å²) < 4.78 is 6.57. The second-order valence-corrected chi connectivity index (χ2v) is 3.83. The maximum atomic E-state index is 9.01. The van der Waals surface area contributed by atoms with Gasteiger partial charge in [-0.05, 0) is 19.4 Å². The maximum absolute atomic E-state index is 9.01. The van der Waals surface area contributed by atoms with E-state index in [1.165, 1.54) is 6.39 Å². The Bertz CT molecular complexity index is 562. The van der Waals surface area contributed by atoms with Gasteiger partial charge in [0, 0.05) is 18.7 Å². The molecular formula is C11H13N5O. The van der Waals surface area contributed by atoms with Gasteiger partial charge < -0.3 is 14.8 Å². The molecule has 2 aromatic heterocycles. The standard InChI is InChI=1S/C11H13N5O/c1-7-8(2)16(11(13)9(7)5-12)4-3-10-14-6-17-15-10/h6H,3-4,13H2,1-2H3. The van der Waals surface area contributed by atoms with Crippen LogP contribution in [0, 0.1) is 25.2 Å². The van der Waals surface area contributed by atoms with E-state index in [-0.39, 0.29) is 0 Å². The van der Waals surface area contributed by atoms with Gasteiger partial charge in [0.25, 0.3) is 0 Å². The van der Waals surface area contributed by atoms with Gasteiger partial charge in [0.1, 0.15) is 11.9 Å². The van der Waals surface area contributed by atoms with Crippen LogP contribution in [0.3, 0.4) is 0 Å². The van der Waals surface area contributed by atoms with Crippen LogP contribution in [0.5, 0.6) is 0 Å². The van der Waals surface area contributed by atoms with Gasteiger partial charge in [-0.1, -0.05) is 5.16 Å². The van der Waals surface area contributed by atoms with Gasteiger partial charge in [-0.3, -0.25) is 0 Å². The van der Waals surface area contributed by atoms with Crippen LogP contribution in [0.1, 0.15) is 22.6 Å². The molecule has 17 heavy (non-hydrogen) atoms. The number of hydrogen-bond acceptors (Lipinski definition) is 5. The van der Waals surface area contributed by atoms with Crippen LogP contribution in [0.2, 0.25) is 0 Å². The van der Waals surface area contributed by atoms with Gasteiger partial charge in [-0.25, -0.2) is 0 Å². The van der Waals surface area contributed by atoms with Gasteiger partial charge in [0.05, 0.1) is 5.56 Å². The molecule has 2 N–H and O–H groups in total. The number of rotatable bonds is 3. The monoisotopic (exact) mass is 231 g/mol. The Labute approximate surface area is 98.6 Å². The molecule has 6 nitrogen and oxygen atoms in total. The molecular weight excluding hydrogens is 218 g/mol. The molecule has 0 aliphatic carbocycles. The average Bonchev–Trinajstić information content (AvgIpc) is 2.88. The molecule has 2 aromatic rings. The van der Waals surface area contributed by atoms with Crippen molar-refractivity contribution in [3.05, 3.63) is 29.0 Å². The highest BCUT2D eigenvalue weighted by molar-refractivity contribution is 5.57. The predicted molar refractivity (Wildman–Crippen MR) is 61.0 cm³/mol. The van der Waals surface area contributed by atoms with Crippen LogP contribution in [0.25, 0.3) is 0 Å². The van der Waals surface area contributed by atoms with Crippen molar-refractivity contribution >= 4 is 5.82 Å². The van der Waals surface area contributed by atoms with E-state index >= 15 is 0 Å². The van der Waals surface area contributed by atoms with Gasteiger partial charge >= 0.3 is 0 Å². The molecule has 2 rings (SSSR count). The maximum Gasteiger partial charge on any atom is 0.213 e. The summed E-state index contributed by atoms with van der Waals surface area (Å²) in [5.41, 5.74) is 8.41. The zero-order chi connectivity index (χ0) is 12.4. The molecule has 0 bridgehead atoms. The van der Waals surface area contributed by atoms with Crippen LogP contribution in [-0.2, 0) is 13.0 Å². The fourth-order valence-electron chi connectivity index (χ4n) is 1.83. The van der Waals surface area contributed by atoms with E-state index in [1.54, 1.807) is 0 Å². The third kappa shape index (κ3) is 1.87. The lowest BCUT2D eigenvalue weighted by Gasteiger charge is -2.06.